The third-order valence-corrected chi connectivity index (χ3v) is 7.52. The normalized spacial score (nSPS) is 11.0. The molecule has 4 aromatic rings. The molecule has 8 nitrogen and oxygen atoms in total. The molecule has 0 unspecified atom stereocenters. The molecular weight excluding hydrogens is 462 g/mol. The summed E-state index contributed by atoms with van der Waals surface area (Å²) in [6.45, 7) is 4.93. The van der Waals surface area contributed by atoms with E-state index in [-0.39, 0.29) is 27.8 Å². The number of anilines is 2. The minimum absolute atomic E-state index is 0.171. The Balaban J connectivity index is 1.75. The Hall–Kier alpha value is -3.50. The number of esters is 1. The molecule has 3 N–H and O–H groups in total. The molecule has 1 amide bonds. The van der Waals surface area contributed by atoms with Crippen LogP contribution in [0.3, 0.4) is 0 Å². The molecule has 10 heteroatoms. The highest BCUT2D eigenvalue weighted by atomic mass is 32.1. The van der Waals surface area contributed by atoms with Crippen molar-refractivity contribution in [1.29, 1.82) is 0 Å². The Morgan fingerprint density at radius 2 is 1.91 bits per heavy atom. The number of hydrogen-bond donors (Lipinski definition) is 2. The number of hydrogen-bond acceptors (Lipinski definition) is 9. The molecular formula is C23H21N3O5S2. The number of ketones is 1. The van der Waals surface area contributed by atoms with Crippen LogP contribution in [0.1, 0.15) is 49.1 Å². The molecule has 0 saturated heterocycles. The molecule has 0 fully saturated rings. The third kappa shape index (κ3) is 4.03. The number of nitrogens with one attached hydrogen (secondary N) is 1. The molecule has 4 rings (SSSR count). The zero-order chi connectivity index (χ0) is 23.9. The van der Waals surface area contributed by atoms with E-state index in [2.05, 4.69) is 10.3 Å². The van der Waals surface area contributed by atoms with Gasteiger partial charge < -0.3 is 20.5 Å². The van der Waals surface area contributed by atoms with Crippen LogP contribution in [-0.2, 0) is 4.74 Å². The van der Waals surface area contributed by atoms with E-state index in [1.165, 1.54) is 6.92 Å². The Labute approximate surface area is 197 Å². The Morgan fingerprint density at radius 1 is 1.15 bits per heavy atom. The number of ether oxygens (including phenoxy) is 2. The molecule has 1 aromatic carbocycles. The van der Waals surface area contributed by atoms with Crippen LogP contribution < -0.4 is 15.8 Å². The largest absolute Gasteiger partial charge is 0.497 e. The van der Waals surface area contributed by atoms with Crippen molar-refractivity contribution in [2.45, 2.75) is 20.8 Å². The minimum atomic E-state index is -0.597. The first-order chi connectivity index (χ1) is 15.7. The van der Waals surface area contributed by atoms with Gasteiger partial charge in [0.2, 0.25) is 0 Å². The van der Waals surface area contributed by atoms with Gasteiger partial charge in [0.25, 0.3) is 5.91 Å². The van der Waals surface area contributed by atoms with Crippen LogP contribution >= 0.6 is 22.7 Å². The maximum Gasteiger partial charge on any atom is 0.341 e. The summed E-state index contributed by atoms with van der Waals surface area (Å²) in [5, 5.41) is 4.50. The van der Waals surface area contributed by atoms with E-state index in [9.17, 15) is 14.4 Å². The molecule has 0 aliphatic heterocycles. The lowest BCUT2D eigenvalue weighted by atomic mass is 10.1. The van der Waals surface area contributed by atoms with Crippen LogP contribution in [0.25, 0.3) is 21.1 Å². The highest BCUT2D eigenvalue weighted by molar-refractivity contribution is 7.21. The number of nitrogen functional groups attached to an aromatic ring is 1. The highest BCUT2D eigenvalue weighted by Gasteiger charge is 2.27. The van der Waals surface area contributed by atoms with Gasteiger partial charge in [-0.05, 0) is 50.6 Å². The molecule has 33 heavy (non-hydrogen) atoms. The highest BCUT2D eigenvalue weighted by Crippen LogP contribution is 2.38. The number of rotatable bonds is 6. The maximum absolute atomic E-state index is 13.2. The van der Waals surface area contributed by atoms with Gasteiger partial charge in [-0.25, -0.2) is 9.78 Å². The van der Waals surface area contributed by atoms with E-state index in [1.54, 1.807) is 21.0 Å². The van der Waals surface area contributed by atoms with Crippen LogP contribution in [-0.4, -0.2) is 36.4 Å². The number of benzene rings is 1. The predicted octanol–water partition coefficient (Wildman–Crippen LogP) is 5.04. The molecule has 0 atom stereocenters. The van der Waals surface area contributed by atoms with Gasteiger partial charge >= 0.3 is 5.97 Å². The molecule has 0 aliphatic carbocycles. The quantitative estimate of drug-likeness (QED) is 0.291. The summed E-state index contributed by atoms with van der Waals surface area (Å²) in [4.78, 5) is 43.6. The number of carbonyl (C=O) groups excluding carboxylic acids is 3. The first-order valence-corrected chi connectivity index (χ1v) is 11.7. The fraction of sp³-hybridized carbons (Fsp3) is 0.217. The summed E-state index contributed by atoms with van der Waals surface area (Å²) in [6.07, 6.45) is 0. The molecule has 0 saturated carbocycles. The smallest absolute Gasteiger partial charge is 0.341 e. The Bertz CT molecular complexity index is 1440. The van der Waals surface area contributed by atoms with Crippen molar-refractivity contribution < 1.29 is 23.9 Å². The van der Waals surface area contributed by atoms with E-state index in [0.717, 1.165) is 33.6 Å². The third-order valence-electron chi connectivity index (χ3n) is 5.10. The lowest BCUT2D eigenvalue weighted by Crippen LogP contribution is -2.15. The van der Waals surface area contributed by atoms with E-state index >= 15 is 0 Å². The lowest BCUT2D eigenvalue weighted by Gasteiger charge is -2.06. The number of nitrogens with two attached hydrogens (primary N) is 1. The average Bonchev–Trinajstić information content (AvgIpc) is 3.28. The van der Waals surface area contributed by atoms with Gasteiger partial charge in [0.05, 0.1) is 35.4 Å². The van der Waals surface area contributed by atoms with Crippen molar-refractivity contribution >= 4 is 72.1 Å². The van der Waals surface area contributed by atoms with E-state index in [4.69, 9.17) is 15.2 Å². The van der Waals surface area contributed by atoms with Gasteiger partial charge in [-0.1, -0.05) is 0 Å². The van der Waals surface area contributed by atoms with Gasteiger partial charge in [-0.3, -0.25) is 9.59 Å². The molecule has 170 valence electrons. The van der Waals surface area contributed by atoms with Crippen molar-refractivity contribution in [3.63, 3.8) is 0 Å². The van der Waals surface area contributed by atoms with Gasteiger partial charge in [0.1, 0.15) is 20.5 Å². The minimum Gasteiger partial charge on any atom is -0.497 e. The predicted molar refractivity (Wildman–Crippen MR) is 131 cm³/mol. The van der Waals surface area contributed by atoms with E-state index in [0.29, 0.717) is 32.1 Å². The first-order valence-electron chi connectivity index (χ1n) is 10.0. The van der Waals surface area contributed by atoms with Crippen LogP contribution in [0.2, 0.25) is 0 Å². The van der Waals surface area contributed by atoms with Crippen LogP contribution in [0.4, 0.5) is 10.7 Å². The standard InChI is InChI=1S/C23H21N3O5S2/c1-5-31-23(29)16-10(2)18(11(3)27)32-22(16)26-20(28)19-17(24)14-9-12-8-13(30-4)6-7-15(12)25-21(14)33-19/h6-9H,5,24H2,1-4H3,(H,26,28). The lowest BCUT2D eigenvalue weighted by molar-refractivity contribution is 0.0527. The van der Waals surface area contributed by atoms with Crippen LogP contribution in [0.5, 0.6) is 5.75 Å². The SMILES string of the molecule is CCOC(=O)c1c(NC(=O)c2sc3nc4ccc(OC)cc4cc3c2N)sc(C(C)=O)c1C. The maximum atomic E-state index is 13.2. The van der Waals surface area contributed by atoms with Gasteiger partial charge in [-0.2, -0.15) is 0 Å². The molecule has 0 bridgehead atoms. The van der Waals surface area contributed by atoms with E-state index in [1.807, 2.05) is 24.3 Å². The summed E-state index contributed by atoms with van der Waals surface area (Å²) < 4.78 is 10.4. The van der Waals surface area contributed by atoms with E-state index < -0.39 is 11.9 Å². The zero-order valence-electron chi connectivity index (χ0n) is 18.4. The molecule has 0 aliphatic rings. The first kappa shape index (κ1) is 22.7. The van der Waals surface area contributed by atoms with Crippen LogP contribution in [0, 0.1) is 6.92 Å². The van der Waals surface area contributed by atoms with Crippen LogP contribution in [0.15, 0.2) is 24.3 Å². The number of amides is 1. The molecule has 3 aromatic heterocycles. The number of nitrogens with zero attached hydrogens (tertiary/aromatic N) is 1. The topological polar surface area (TPSA) is 121 Å². The van der Waals surface area contributed by atoms with Gasteiger partial charge in [0, 0.05) is 10.8 Å². The number of thiophene rings is 2. The second-order valence-electron chi connectivity index (χ2n) is 7.24. The summed E-state index contributed by atoms with van der Waals surface area (Å²) in [5.74, 6) is -0.591. The zero-order valence-corrected chi connectivity index (χ0v) is 20.0. The van der Waals surface area contributed by atoms with Crippen molar-refractivity contribution in [2.24, 2.45) is 0 Å². The fourth-order valence-electron chi connectivity index (χ4n) is 3.52. The Kier molecular flexibility index (Phi) is 6.05. The number of pyridine rings is 1. The second kappa shape index (κ2) is 8.80. The number of Topliss-reactive ketones (excluding diaryl/α,β-unsaturated/α-hetero) is 1. The number of fused-ring (bicyclic) bond motifs is 2. The van der Waals surface area contributed by atoms with Crippen molar-refractivity contribution in [2.75, 3.05) is 24.8 Å². The number of carbonyl (C=O) groups is 3. The van der Waals surface area contributed by atoms with Crippen molar-refractivity contribution in [3.8, 4) is 5.75 Å². The second-order valence-corrected chi connectivity index (χ2v) is 9.26. The molecule has 0 radical (unpaired) electrons. The molecule has 0 spiro atoms. The number of aromatic nitrogens is 1. The fourth-order valence-corrected chi connectivity index (χ4v) is 5.59. The summed E-state index contributed by atoms with van der Waals surface area (Å²) in [6, 6.07) is 7.37. The van der Waals surface area contributed by atoms with Crippen molar-refractivity contribution in [1.82, 2.24) is 4.98 Å². The summed E-state index contributed by atoms with van der Waals surface area (Å²) in [5.41, 5.74) is 8.02. The molecule has 3 heterocycles. The average molecular weight is 484 g/mol. The monoisotopic (exact) mass is 483 g/mol. The number of methoxy groups -OCH3 is 1. The summed E-state index contributed by atoms with van der Waals surface area (Å²) >= 11 is 2.20. The summed E-state index contributed by atoms with van der Waals surface area (Å²) in [7, 11) is 1.59. The van der Waals surface area contributed by atoms with Crippen molar-refractivity contribution in [3.05, 3.63) is 45.1 Å². The Morgan fingerprint density at radius 3 is 2.58 bits per heavy atom. The van der Waals surface area contributed by atoms with Gasteiger partial charge in [-0.15, -0.1) is 22.7 Å². The van der Waals surface area contributed by atoms with Gasteiger partial charge in [0.15, 0.2) is 5.78 Å².